The third-order valence-corrected chi connectivity index (χ3v) is 3.86. The summed E-state index contributed by atoms with van der Waals surface area (Å²) < 4.78 is 14.6. The Morgan fingerprint density at radius 1 is 1.10 bits per heavy atom. The molecule has 0 saturated carbocycles. The Morgan fingerprint density at radius 3 is 2.55 bits per heavy atom. The van der Waals surface area contributed by atoms with Crippen LogP contribution >= 0.6 is 27.5 Å². The fourth-order valence-corrected chi connectivity index (χ4v) is 2.66. The van der Waals surface area contributed by atoms with Crippen molar-refractivity contribution in [2.75, 3.05) is 0 Å². The summed E-state index contributed by atoms with van der Waals surface area (Å²) in [5.41, 5.74) is 2.76. The zero-order chi connectivity index (χ0) is 14.1. The van der Waals surface area contributed by atoms with E-state index in [9.17, 15) is 4.39 Å². The van der Waals surface area contributed by atoms with E-state index in [0.717, 1.165) is 11.3 Å². The van der Waals surface area contributed by atoms with Gasteiger partial charge in [0.1, 0.15) is 5.82 Å². The summed E-state index contributed by atoms with van der Waals surface area (Å²) in [5.74, 6) is -0.300. The number of hydrogen-bond acceptors (Lipinski definition) is 1. The summed E-state index contributed by atoms with van der Waals surface area (Å²) in [6, 6.07) is 14.0. The van der Waals surface area contributed by atoms with Crippen molar-refractivity contribution >= 4 is 27.5 Å². The fourth-order valence-electron chi connectivity index (χ4n) is 1.97. The van der Waals surface area contributed by atoms with Gasteiger partial charge in [-0.15, -0.1) is 0 Å². The van der Waals surface area contributed by atoms with Crippen LogP contribution in [0.1, 0.15) is 0 Å². The van der Waals surface area contributed by atoms with Gasteiger partial charge >= 0.3 is 0 Å². The van der Waals surface area contributed by atoms with Gasteiger partial charge in [-0.2, -0.15) is 5.10 Å². The average molecular weight is 352 g/mol. The number of aromatic amines is 1. The Bertz CT molecular complexity index is 733. The number of nitrogens with zero attached hydrogens (tertiary/aromatic N) is 1. The summed E-state index contributed by atoms with van der Waals surface area (Å²) in [7, 11) is 0. The van der Waals surface area contributed by atoms with Gasteiger partial charge in [-0.05, 0) is 46.3 Å². The second-order valence-corrected chi connectivity index (χ2v) is 5.56. The molecule has 0 atom stereocenters. The van der Waals surface area contributed by atoms with Crippen LogP contribution in [0.25, 0.3) is 22.5 Å². The van der Waals surface area contributed by atoms with Crippen LogP contribution < -0.4 is 0 Å². The van der Waals surface area contributed by atoms with E-state index in [1.165, 1.54) is 6.07 Å². The van der Waals surface area contributed by atoms with E-state index in [4.69, 9.17) is 11.6 Å². The largest absolute Gasteiger partial charge is 0.277 e. The van der Waals surface area contributed by atoms with E-state index in [1.54, 1.807) is 24.3 Å². The standard InChI is InChI=1S/C15H9BrClFN2/c16-11-2-1-3-12(18)15(11)14-8-13(19-20-14)9-4-6-10(17)7-5-9/h1-8H,(H,19,20). The van der Waals surface area contributed by atoms with Gasteiger partial charge in [0.2, 0.25) is 0 Å². The molecule has 1 aromatic heterocycles. The molecule has 0 amide bonds. The third kappa shape index (κ3) is 2.49. The zero-order valence-electron chi connectivity index (χ0n) is 10.2. The van der Waals surface area contributed by atoms with E-state index in [-0.39, 0.29) is 5.82 Å². The van der Waals surface area contributed by atoms with Gasteiger partial charge in [0, 0.05) is 20.6 Å². The Hall–Kier alpha value is -1.65. The second-order valence-electron chi connectivity index (χ2n) is 4.27. The van der Waals surface area contributed by atoms with Crippen LogP contribution in [0, 0.1) is 5.82 Å². The van der Waals surface area contributed by atoms with Crippen LogP contribution in [0.4, 0.5) is 4.39 Å². The molecule has 0 spiro atoms. The molecule has 1 N–H and O–H groups in total. The van der Waals surface area contributed by atoms with Crippen molar-refractivity contribution in [2.45, 2.75) is 0 Å². The van der Waals surface area contributed by atoms with Crippen molar-refractivity contribution in [3.8, 4) is 22.5 Å². The maximum Gasteiger partial charge on any atom is 0.133 e. The van der Waals surface area contributed by atoms with E-state index < -0.39 is 0 Å². The molecule has 2 aromatic carbocycles. The first-order valence-corrected chi connectivity index (χ1v) is 7.08. The van der Waals surface area contributed by atoms with Crippen molar-refractivity contribution < 1.29 is 4.39 Å². The Balaban J connectivity index is 2.04. The topological polar surface area (TPSA) is 28.7 Å². The fraction of sp³-hybridized carbons (Fsp3) is 0. The summed E-state index contributed by atoms with van der Waals surface area (Å²) >= 11 is 9.21. The maximum atomic E-state index is 13.9. The summed E-state index contributed by atoms with van der Waals surface area (Å²) in [6.07, 6.45) is 0. The molecule has 5 heteroatoms. The van der Waals surface area contributed by atoms with Gasteiger partial charge in [-0.3, -0.25) is 5.10 Å². The lowest BCUT2D eigenvalue weighted by molar-refractivity contribution is 0.630. The highest BCUT2D eigenvalue weighted by atomic mass is 79.9. The molecule has 0 aliphatic carbocycles. The molecule has 0 saturated heterocycles. The molecular weight excluding hydrogens is 343 g/mol. The van der Waals surface area contributed by atoms with E-state index in [1.807, 2.05) is 18.2 Å². The van der Waals surface area contributed by atoms with Crippen molar-refractivity contribution in [1.29, 1.82) is 0 Å². The maximum absolute atomic E-state index is 13.9. The predicted octanol–water partition coefficient (Wildman–Crippen LogP) is 5.30. The summed E-state index contributed by atoms with van der Waals surface area (Å²) in [4.78, 5) is 0. The monoisotopic (exact) mass is 350 g/mol. The second kappa shape index (κ2) is 5.38. The lowest BCUT2D eigenvalue weighted by atomic mass is 10.1. The minimum Gasteiger partial charge on any atom is -0.277 e. The van der Waals surface area contributed by atoms with Gasteiger partial charge in [-0.1, -0.05) is 29.8 Å². The minimum atomic E-state index is -0.300. The lowest BCUT2D eigenvalue weighted by Crippen LogP contribution is -1.85. The first-order valence-electron chi connectivity index (χ1n) is 5.91. The highest BCUT2D eigenvalue weighted by Crippen LogP contribution is 2.31. The van der Waals surface area contributed by atoms with Crippen LogP contribution in [0.5, 0.6) is 0 Å². The summed E-state index contributed by atoms with van der Waals surface area (Å²) in [6.45, 7) is 0. The molecule has 100 valence electrons. The van der Waals surface area contributed by atoms with Gasteiger partial charge in [0.05, 0.1) is 11.4 Å². The van der Waals surface area contributed by atoms with Gasteiger partial charge < -0.3 is 0 Å². The van der Waals surface area contributed by atoms with E-state index in [0.29, 0.717) is 20.8 Å². The molecule has 3 rings (SSSR count). The highest BCUT2D eigenvalue weighted by Gasteiger charge is 2.12. The van der Waals surface area contributed by atoms with Gasteiger partial charge in [-0.25, -0.2) is 4.39 Å². The predicted molar refractivity (Wildman–Crippen MR) is 82.1 cm³/mol. The number of hydrogen-bond donors (Lipinski definition) is 1. The SMILES string of the molecule is Fc1cccc(Br)c1-c1cc(-c2ccc(Cl)cc2)n[nH]1. The number of nitrogens with one attached hydrogen (secondary N) is 1. The number of benzene rings is 2. The third-order valence-electron chi connectivity index (χ3n) is 2.95. The molecule has 0 radical (unpaired) electrons. The van der Waals surface area contributed by atoms with E-state index >= 15 is 0 Å². The smallest absolute Gasteiger partial charge is 0.133 e. The lowest BCUT2D eigenvalue weighted by Gasteiger charge is -2.02. The van der Waals surface area contributed by atoms with Crippen molar-refractivity contribution in [3.05, 3.63) is 63.8 Å². The van der Waals surface area contributed by atoms with Crippen LogP contribution in [0.2, 0.25) is 5.02 Å². The number of rotatable bonds is 2. The number of halogens is 3. The van der Waals surface area contributed by atoms with Crippen LogP contribution in [0.3, 0.4) is 0 Å². The van der Waals surface area contributed by atoms with Crippen LogP contribution in [-0.4, -0.2) is 10.2 Å². The molecule has 1 heterocycles. The zero-order valence-corrected chi connectivity index (χ0v) is 12.5. The molecule has 0 aliphatic heterocycles. The van der Waals surface area contributed by atoms with Crippen molar-refractivity contribution in [1.82, 2.24) is 10.2 Å². The molecule has 0 bridgehead atoms. The molecular formula is C15H9BrClFN2. The quantitative estimate of drug-likeness (QED) is 0.667. The minimum absolute atomic E-state index is 0.300. The first kappa shape index (κ1) is 13.3. The molecule has 2 nitrogen and oxygen atoms in total. The molecule has 20 heavy (non-hydrogen) atoms. The molecule has 0 unspecified atom stereocenters. The van der Waals surface area contributed by atoms with Gasteiger partial charge in [0.15, 0.2) is 0 Å². The Morgan fingerprint density at radius 2 is 1.85 bits per heavy atom. The van der Waals surface area contributed by atoms with Crippen molar-refractivity contribution in [3.63, 3.8) is 0 Å². The highest BCUT2D eigenvalue weighted by molar-refractivity contribution is 9.10. The molecule has 0 aliphatic rings. The molecule has 3 aromatic rings. The van der Waals surface area contributed by atoms with Crippen LogP contribution in [-0.2, 0) is 0 Å². The summed E-state index contributed by atoms with van der Waals surface area (Å²) in [5, 5.41) is 7.75. The number of H-pyrrole nitrogens is 1. The Kier molecular flexibility index (Phi) is 3.59. The van der Waals surface area contributed by atoms with Crippen molar-refractivity contribution in [2.24, 2.45) is 0 Å². The normalized spacial score (nSPS) is 10.8. The molecule has 0 fully saturated rings. The van der Waals surface area contributed by atoms with Crippen LogP contribution in [0.15, 0.2) is 53.0 Å². The average Bonchev–Trinajstić information content (AvgIpc) is 2.89. The first-order chi connectivity index (χ1) is 9.65. The van der Waals surface area contributed by atoms with E-state index in [2.05, 4.69) is 26.1 Å². The van der Waals surface area contributed by atoms with Gasteiger partial charge in [0.25, 0.3) is 0 Å². The Labute approximate surface area is 128 Å². The number of aromatic nitrogens is 2.